The van der Waals surface area contributed by atoms with Crippen molar-refractivity contribution < 1.29 is 9.18 Å². The number of aromatic nitrogens is 2. The number of carbonyl (C=O) groups is 1. The molecule has 2 aromatic rings. The summed E-state index contributed by atoms with van der Waals surface area (Å²) in [6, 6.07) is 5.07. The highest BCUT2D eigenvalue weighted by atomic mass is 19.1. The van der Waals surface area contributed by atoms with Crippen LogP contribution >= 0.6 is 0 Å². The number of carbonyl (C=O) groups excluding carboxylic acids is 1. The number of anilines is 4. The predicted octanol–water partition coefficient (Wildman–Crippen LogP) is 1.64. The number of hydrogen-bond acceptors (Lipinski definition) is 7. The van der Waals surface area contributed by atoms with Crippen LogP contribution in [0.1, 0.15) is 18.4 Å². The third kappa shape index (κ3) is 3.71. The first kappa shape index (κ1) is 17.6. The number of hydrogen-bond donors (Lipinski definition) is 4. The van der Waals surface area contributed by atoms with Gasteiger partial charge in [0.25, 0.3) is 0 Å². The van der Waals surface area contributed by atoms with Gasteiger partial charge in [0.05, 0.1) is 12.1 Å². The Labute approximate surface area is 149 Å². The van der Waals surface area contributed by atoms with Gasteiger partial charge in [-0.2, -0.15) is 4.98 Å². The molecule has 0 bridgehead atoms. The van der Waals surface area contributed by atoms with Crippen LogP contribution in [0.4, 0.5) is 27.5 Å². The summed E-state index contributed by atoms with van der Waals surface area (Å²) >= 11 is 0. The fourth-order valence-corrected chi connectivity index (χ4v) is 2.95. The first-order valence-corrected chi connectivity index (χ1v) is 8.21. The molecule has 6 N–H and O–H groups in total. The number of halogens is 1. The quantitative estimate of drug-likeness (QED) is 0.475. The van der Waals surface area contributed by atoms with Gasteiger partial charge in [-0.3, -0.25) is 4.79 Å². The van der Waals surface area contributed by atoms with Gasteiger partial charge in [0.15, 0.2) is 11.6 Å². The molecule has 1 fully saturated rings. The number of primary amides is 1. The van der Waals surface area contributed by atoms with Gasteiger partial charge in [-0.15, -0.1) is 0 Å². The molecule has 1 amide bonds. The monoisotopic (exact) mass is 357 g/mol. The average molecular weight is 357 g/mol. The summed E-state index contributed by atoms with van der Waals surface area (Å²) in [6.07, 6.45) is 3.69. The van der Waals surface area contributed by atoms with Gasteiger partial charge in [0, 0.05) is 36.2 Å². The number of nitrogen functional groups attached to an aromatic ring is 1. The number of rotatable bonds is 5. The van der Waals surface area contributed by atoms with E-state index in [0.29, 0.717) is 36.4 Å². The van der Waals surface area contributed by atoms with Gasteiger partial charge in [0.1, 0.15) is 0 Å². The zero-order valence-electron chi connectivity index (χ0n) is 14.1. The van der Waals surface area contributed by atoms with Crippen molar-refractivity contribution in [3.63, 3.8) is 0 Å². The lowest BCUT2D eigenvalue weighted by molar-refractivity contribution is -0.122. The van der Waals surface area contributed by atoms with E-state index in [1.54, 1.807) is 23.1 Å². The van der Waals surface area contributed by atoms with Crippen molar-refractivity contribution in [1.82, 2.24) is 9.97 Å². The summed E-state index contributed by atoms with van der Waals surface area (Å²) in [5.41, 5.74) is 12.9. The Morgan fingerprint density at radius 2 is 2.27 bits per heavy atom. The van der Waals surface area contributed by atoms with Crippen molar-refractivity contribution in [2.45, 2.75) is 12.8 Å². The molecule has 1 saturated heterocycles. The second-order valence-electron chi connectivity index (χ2n) is 6.17. The minimum absolute atomic E-state index is 0.137. The molecular formula is C17H20FN7O. The molecule has 9 heteroatoms. The first-order valence-electron chi connectivity index (χ1n) is 8.21. The molecule has 0 radical (unpaired) electrons. The fraction of sp³-hybridized carbons (Fsp3) is 0.294. The van der Waals surface area contributed by atoms with E-state index in [1.165, 1.54) is 0 Å². The maximum atomic E-state index is 14.2. The van der Waals surface area contributed by atoms with E-state index >= 15 is 0 Å². The Kier molecular flexibility index (Phi) is 4.97. The fourth-order valence-electron chi connectivity index (χ4n) is 2.95. The van der Waals surface area contributed by atoms with Crippen LogP contribution in [0.5, 0.6) is 0 Å². The van der Waals surface area contributed by atoms with Crippen LogP contribution in [0.3, 0.4) is 0 Å². The highest BCUT2D eigenvalue weighted by molar-refractivity contribution is 5.86. The lowest BCUT2D eigenvalue weighted by atomic mass is 9.97. The summed E-state index contributed by atoms with van der Waals surface area (Å²) in [6.45, 7) is 0.932. The molecule has 8 nitrogen and oxygen atoms in total. The topological polar surface area (TPSA) is 134 Å². The van der Waals surface area contributed by atoms with Crippen molar-refractivity contribution >= 4 is 35.3 Å². The Morgan fingerprint density at radius 1 is 1.46 bits per heavy atom. The van der Waals surface area contributed by atoms with Crippen LogP contribution in [-0.4, -0.2) is 35.2 Å². The van der Waals surface area contributed by atoms with Crippen molar-refractivity contribution in [2.75, 3.05) is 29.0 Å². The second-order valence-corrected chi connectivity index (χ2v) is 6.17. The van der Waals surface area contributed by atoms with Crippen molar-refractivity contribution in [1.29, 1.82) is 5.41 Å². The van der Waals surface area contributed by atoms with Gasteiger partial charge < -0.3 is 27.1 Å². The van der Waals surface area contributed by atoms with Gasteiger partial charge in [-0.05, 0) is 31.0 Å². The third-order valence-corrected chi connectivity index (χ3v) is 4.35. The Morgan fingerprint density at radius 3 is 2.96 bits per heavy atom. The van der Waals surface area contributed by atoms with E-state index in [4.69, 9.17) is 16.9 Å². The number of piperidine rings is 1. The maximum Gasteiger partial charge on any atom is 0.229 e. The number of nitrogens with two attached hydrogens (primary N) is 2. The largest absolute Gasteiger partial charge is 0.398 e. The second kappa shape index (κ2) is 7.34. The lowest BCUT2D eigenvalue weighted by Gasteiger charge is -2.32. The molecule has 1 atom stereocenters. The number of amides is 1. The summed E-state index contributed by atoms with van der Waals surface area (Å²) in [5.74, 6) is -0.909. The van der Waals surface area contributed by atoms with Crippen LogP contribution in [0.25, 0.3) is 0 Å². The van der Waals surface area contributed by atoms with Crippen LogP contribution in [0, 0.1) is 17.1 Å². The van der Waals surface area contributed by atoms with E-state index in [2.05, 4.69) is 15.3 Å². The van der Waals surface area contributed by atoms with E-state index < -0.39 is 5.82 Å². The van der Waals surface area contributed by atoms with Crippen LogP contribution in [-0.2, 0) is 4.79 Å². The number of nitrogens with one attached hydrogen (secondary N) is 2. The normalized spacial score (nSPS) is 17.0. The van der Waals surface area contributed by atoms with Gasteiger partial charge in [-0.25, -0.2) is 9.37 Å². The molecular weight excluding hydrogens is 337 g/mol. The molecule has 3 rings (SSSR count). The summed E-state index contributed by atoms with van der Waals surface area (Å²) in [7, 11) is 0. The van der Waals surface area contributed by atoms with E-state index in [-0.39, 0.29) is 23.6 Å². The minimum Gasteiger partial charge on any atom is -0.398 e. The standard InChI is InChI=1S/C17H20FN7O/c18-13-8-22-17(23-12-4-3-10(7-19)14(20)6-12)24-16(13)25-5-1-2-11(9-25)15(21)26/h3-4,6-8,11,19H,1-2,5,9,20H2,(H2,21,26)(H,22,23,24). The number of benzene rings is 1. The summed E-state index contributed by atoms with van der Waals surface area (Å²) in [4.78, 5) is 21.4. The molecule has 136 valence electrons. The zero-order valence-corrected chi connectivity index (χ0v) is 14.1. The van der Waals surface area contributed by atoms with Crippen LogP contribution < -0.4 is 21.7 Å². The molecule has 1 aliphatic rings. The Balaban J connectivity index is 1.82. The first-order chi connectivity index (χ1) is 12.5. The molecule has 1 aromatic heterocycles. The summed E-state index contributed by atoms with van der Waals surface area (Å²) in [5, 5.41) is 10.2. The van der Waals surface area contributed by atoms with Crippen LogP contribution in [0.15, 0.2) is 24.4 Å². The van der Waals surface area contributed by atoms with E-state index in [9.17, 15) is 9.18 Å². The molecule has 2 heterocycles. The smallest absolute Gasteiger partial charge is 0.229 e. The van der Waals surface area contributed by atoms with E-state index in [0.717, 1.165) is 18.8 Å². The molecule has 1 unspecified atom stereocenters. The molecule has 1 aromatic carbocycles. The Hall–Kier alpha value is -3.23. The molecule has 26 heavy (non-hydrogen) atoms. The highest BCUT2D eigenvalue weighted by Gasteiger charge is 2.26. The van der Waals surface area contributed by atoms with Crippen molar-refractivity contribution in [3.05, 3.63) is 35.8 Å². The zero-order chi connectivity index (χ0) is 18.7. The maximum absolute atomic E-state index is 14.2. The Bertz CT molecular complexity index is 842. The predicted molar refractivity (Wildman–Crippen MR) is 98.1 cm³/mol. The molecule has 0 saturated carbocycles. The molecule has 1 aliphatic heterocycles. The summed E-state index contributed by atoms with van der Waals surface area (Å²) < 4.78 is 14.2. The highest BCUT2D eigenvalue weighted by Crippen LogP contribution is 2.26. The number of nitrogens with zero attached hydrogens (tertiary/aromatic N) is 3. The van der Waals surface area contributed by atoms with Gasteiger partial charge >= 0.3 is 0 Å². The van der Waals surface area contributed by atoms with Gasteiger partial charge in [-0.1, -0.05) is 0 Å². The molecule has 0 aliphatic carbocycles. The SMILES string of the molecule is N=Cc1ccc(Nc2ncc(F)c(N3CCCC(C(N)=O)C3)n2)cc1N. The average Bonchev–Trinajstić information content (AvgIpc) is 2.63. The lowest BCUT2D eigenvalue weighted by Crippen LogP contribution is -2.42. The third-order valence-electron chi connectivity index (χ3n) is 4.35. The van der Waals surface area contributed by atoms with Crippen molar-refractivity contribution in [2.24, 2.45) is 11.7 Å². The minimum atomic E-state index is -0.556. The molecule has 0 spiro atoms. The van der Waals surface area contributed by atoms with Crippen molar-refractivity contribution in [3.8, 4) is 0 Å². The van der Waals surface area contributed by atoms with Gasteiger partial charge in [0.2, 0.25) is 11.9 Å². The van der Waals surface area contributed by atoms with Crippen LogP contribution in [0.2, 0.25) is 0 Å². The van der Waals surface area contributed by atoms with E-state index in [1.807, 2.05) is 0 Å².